The molecule has 0 unspecified atom stereocenters. The first-order valence-electron chi connectivity index (χ1n) is 9.09. The highest BCUT2D eigenvalue weighted by Crippen LogP contribution is 2.26. The number of nitrogens with zero attached hydrogens (tertiary/aromatic N) is 5. The third kappa shape index (κ3) is 4.12. The average Bonchev–Trinajstić information content (AvgIpc) is 3.44. The van der Waals surface area contributed by atoms with Gasteiger partial charge in [-0.05, 0) is 31.2 Å². The molecule has 1 fully saturated rings. The highest BCUT2D eigenvalue weighted by molar-refractivity contribution is 7.09. The Hall–Kier alpha value is -2.98. The van der Waals surface area contributed by atoms with Crippen LogP contribution in [0.2, 0.25) is 0 Å². The molecule has 2 N–H and O–H groups in total. The Morgan fingerprint density at radius 1 is 1.32 bits per heavy atom. The summed E-state index contributed by atoms with van der Waals surface area (Å²) in [7, 11) is 0. The Morgan fingerprint density at radius 3 is 2.93 bits per heavy atom. The fraction of sp³-hybridized carbons (Fsp3) is 0.333. The zero-order valence-electron chi connectivity index (χ0n) is 15.5. The van der Waals surface area contributed by atoms with E-state index in [-0.39, 0.29) is 6.03 Å². The minimum atomic E-state index is -0.0622. The van der Waals surface area contributed by atoms with Crippen LogP contribution < -0.4 is 15.5 Å². The van der Waals surface area contributed by atoms with E-state index in [1.807, 2.05) is 42.1 Å². The Balaban J connectivity index is 1.39. The Bertz CT molecular complexity index is 938. The molecular weight excluding hydrogens is 378 g/mol. The van der Waals surface area contributed by atoms with Crippen molar-refractivity contribution in [3.8, 4) is 11.4 Å². The van der Waals surface area contributed by atoms with Crippen molar-refractivity contribution in [2.45, 2.75) is 13.5 Å². The van der Waals surface area contributed by atoms with Gasteiger partial charge in [0.05, 0.1) is 25.0 Å². The van der Waals surface area contributed by atoms with Gasteiger partial charge in [0.2, 0.25) is 5.13 Å². The van der Waals surface area contributed by atoms with Crippen molar-refractivity contribution in [2.24, 2.45) is 0 Å². The van der Waals surface area contributed by atoms with Crippen molar-refractivity contribution in [2.75, 3.05) is 36.5 Å². The van der Waals surface area contributed by atoms with E-state index in [4.69, 9.17) is 4.74 Å². The first kappa shape index (κ1) is 18.4. The molecule has 0 radical (unpaired) electrons. The van der Waals surface area contributed by atoms with Crippen LogP contribution in [0.3, 0.4) is 0 Å². The number of nitrogens with one attached hydrogen (secondary N) is 2. The molecule has 3 aromatic rings. The van der Waals surface area contributed by atoms with Gasteiger partial charge in [0.15, 0.2) is 5.82 Å². The van der Waals surface area contributed by atoms with Gasteiger partial charge in [-0.1, -0.05) is 0 Å². The number of benzene rings is 1. The smallest absolute Gasteiger partial charge is 0.321 e. The number of amides is 2. The van der Waals surface area contributed by atoms with E-state index in [0.29, 0.717) is 43.8 Å². The highest BCUT2D eigenvalue weighted by atomic mass is 32.1. The van der Waals surface area contributed by atoms with Gasteiger partial charge in [-0.3, -0.25) is 9.58 Å². The molecule has 9 nitrogen and oxygen atoms in total. The van der Waals surface area contributed by atoms with Crippen LogP contribution in [0, 0.1) is 0 Å². The monoisotopic (exact) mass is 399 g/mol. The molecule has 2 aromatic heterocycles. The third-order valence-electron chi connectivity index (χ3n) is 4.27. The molecule has 0 atom stereocenters. The van der Waals surface area contributed by atoms with Crippen molar-refractivity contribution < 1.29 is 9.53 Å². The molecule has 0 aliphatic carbocycles. The quantitative estimate of drug-likeness (QED) is 0.565. The summed E-state index contributed by atoms with van der Waals surface area (Å²) in [6.45, 7) is 5.37. The van der Waals surface area contributed by atoms with E-state index in [2.05, 4.69) is 25.1 Å². The number of anilines is 3. The standard InChI is InChI=1S/C18H21N7O2S/c1-2-27-10-9-24-12-14(11-20-24)21-17-22-16(23-28-17)13-3-5-15(6-4-13)25-8-7-19-18(25)26/h3-6,11-12H,2,7-10H2,1H3,(H,19,26)(H,21,22,23). The number of ether oxygens (including phenoxy) is 1. The molecule has 1 aliphatic heterocycles. The van der Waals surface area contributed by atoms with Gasteiger partial charge in [0.25, 0.3) is 0 Å². The van der Waals surface area contributed by atoms with Gasteiger partial charge in [0, 0.05) is 48.7 Å². The van der Waals surface area contributed by atoms with Crippen molar-refractivity contribution in [1.82, 2.24) is 24.5 Å². The van der Waals surface area contributed by atoms with E-state index in [1.54, 1.807) is 11.1 Å². The molecule has 0 spiro atoms. The number of hydrogen-bond donors (Lipinski definition) is 2. The topological polar surface area (TPSA) is 97.2 Å². The maximum absolute atomic E-state index is 11.8. The lowest BCUT2D eigenvalue weighted by Crippen LogP contribution is -2.27. The predicted octanol–water partition coefficient (Wildman–Crippen LogP) is 2.71. The van der Waals surface area contributed by atoms with Gasteiger partial charge in [-0.2, -0.15) is 14.5 Å². The largest absolute Gasteiger partial charge is 0.380 e. The van der Waals surface area contributed by atoms with Crippen molar-refractivity contribution in [3.63, 3.8) is 0 Å². The van der Waals surface area contributed by atoms with Crippen molar-refractivity contribution in [3.05, 3.63) is 36.7 Å². The Morgan fingerprint density at radius 2 is 2.18 bits per heavy atom. The summed E-state index contributed by atoms with van der Waals surface area (Å²) in [5, 5.41) is 11.0. The van der Waals surface area contributed by atoms with E-state index in [1.165, 1.54) is 11.5 Å². The second-order valence-electron chi connectivity index (χ2n) is 6.17. The lowest BCUT2D eigenvalue weighted by Gasteiger charge is -2.13. The lowest BCUT2D eigenvalue weighted by molar-refractivity contribution is 0.136. The molecule has 2 amide bonds. The molecule has 1 saturated heterocycles. The van der Waals surface area contributed by atoms with Gasteiger partial charge in [0.1, 0.15) is 0 Å². The van der Waals surface area contributed by atoms with E-state index >= 15 is 0 Å². The SMILES string of the molecule is CCOCCn1cc(Nc2nc(-c3ccc(N4CCNC4=O)cc3)ns2)cn1. The summed E-state index contributed by atoms with van der Waals surface area (Å²) in [5.74, 6) is 0.647. The second kappa shape index (κ2) is 8.36. The van der Waals surface area contributed by atoms with E-state index < -0.39 is 0 Å². The molecule has 146 valence electrons. The molecule has 0 saturated carbocycles. The fourth-order valence-electron chi connectivity index (χ4n) is 2.88. The molecule has 1 aliphatic rings. The van der Waals surface area contributed by atoms with Crippen LogP contribution in [-0.2, 0) is 11.3 Å². The average molecular weight is 399 g/mol. The maximum Gasteiger partial charge on any atom is 0.321 e. The first-order chi connectivity index (χ1) is 13.7. The summed E-state index contributed by atoms with van der Waals surface area (Å²) in [6.07, 6.45) is 3.67. The summed E-state index contributed by atoms with van der Waals surface area (Å²) in [4.78, 5) is 18.0. The van der Waals surface area contributed by atoms with Crippen LogP contribution in [0.15, 0.2) is 36.7 Å². The number of carbonyl (C=O) groups excluding carboxylic acids is 1. The predicted molar refractivity (Wildman–Crippen MR) is 108 cm³/mol. The first-order valence-corrected chi connectivity index (χ1v) is 9.87. The fourth-order valence-corrected chi connectivity index (χ4v) is 3.49. The molecule has 3 heterocycles. The number of aromatic nitrogens is 4. The minimum Gasteiger partial charge on any atom is -0.380 e. The molecule has 4 rings (SSSR count). The lowest BCUT2D eigenvalue weighted by atomic mass is 10.2. The van der Waals surface area contributed by atoms with Crippen LogP contribution in [0.5, 0.6) is 0 Å². The van der Waals surface area contributed by atoms with Crippen LogP contribution in [-0.4, -0.2) is 51.5 Å². The molecule has 0 bridgehead atoms. The summed E-state index contributed by atoms with van der Waals surface area (Å²) >= 11 is 1.29. The third-order valence-corrected chi connectivity index (χ3v) is 4.90. The summed E-state index contributed by atoms with van der Waals surface area (Å²) in [5.41, 5.74) is 2.63. The number of carbonyl (C=O) groups is 1. The zero-order valence-corrected chi connectivity index (χ0v) is 16.3. The van der Waals surface area contributed by atoms with Crippen LogP contribution in [0.4, 0.5) is 21.3 Å². The van der Waals surface area contributed by atoms with Gasteiger partial charge in [-0.25, -0.2) is 4.79 Å². The normalized spacial score (nSPS) is 13.8. The molecular formula is C18H21N7O2S. The zero-order chi connectivity index (χ0) is 19.3. The number of urea groups is 1. The van der Waals surface area contributed by atoms with E-state index in [0.717, 1.165) is 16.9 Å². The number of hydrogen-bond acceptors (Lipinski definition) is 7. The van der Waals surface area contributed by atoms with Gasteiger partial charge < -0.3 is 15.4 Å². The number of rotatable bonds is 8. The maximum atomic E-state index is 11.8. The highest BCUT2D eigenvalue weighted by Gasteiger charge is 2.21. The van der Waals surface area contributed by atoms with Crippen LogP contribution in [0.1, 0.15) is 6.92 Å². The second-order valence-corrected chi connectivity index (χ2v) is 6.92. The molecule has 1 aromatic carbocycles. The van der Waals surface area contributed by atoms with Gasteiger partial charge in [-0.15, -0.1) is 0 Å². The van der Waals surface area contributed by atoms with Gasteiger partial charge >= 0.3 is 6.03 Å². The minimum absolute atomic E-state index is 0.0622. The summed E-state index contributed by atoms with van der Waals surface area (Å²) in [6, 6.07) is 7.62. The van der Waals surface area contributed by atoms with Crippen LogP contribution in [0.25, 0.3) is 11.4 Å². The van der Waals surface area contributed by atoms with Crippen LogP contribution >= 0.6 is 11.5 Å². The molecule has 10 heteroatoms. The summed E-state index contributed by atoms with van der Waals surface area (Å²) < 4.78 is 11.6. The van der Waals surface area contributed by atoms with Crippen molar-refractivity contribution in [1.29, 1.82) is 0 Å². The van der Waals surface area contributed by atoms with E-state index in [9.17, 15) is 4.79 Å². The Labute approximate surface area is 166 Å². The molecule has 28 heavy (non-hydrogen) atoms. The van der Waals surface area contributed by atoms with Crippen molar-refractivity contribution >= 4 is 34.1 Å². The Kier molecular flexibility index (Phi) is 5.49.